The van der Waals surface area contributed by atoms with Gasteiger partial charge in [0, 0.05) is 5.38 Å². The lowest BCUT2D eigenvalue weighted by Crippen LogP contribution is -2.23. The average molecular weight is 361 g/mol. The maximum absolute atomic E-state index is 10.9. The first-order valence-corrected chi connectivity index (χ1v) is 9.39. The Balaban J connectivity index is 1.53. The summed E-state index contributed by atoms with van der Waals surface area (Å²) in [5.41, 5.74) is 3.11. The number of aliphatic hydroxyl groups is 1. The predicted molar refractivity (Wildman–Crippen MR) is 106 cm³/mol. The maximum Gasteiger partial charge on any atom is 0.130 e. The predicted octanol–water partition coefficient (Wildman–Crippen LogP) is 5.13. The third kappa shape index (κ3) is 3.34. The molecule has 26 heavy (non-hydrogen) atoms. The summed E-state index contributed by atoms with van der Waals surface area (Å²) >= 11 is 1.47. The van der Waals surface area contributed by atoms with Crippen LogP contribution in [-0.2, 0) is 12.2 Å². The van der Waals surface area contributed by atoms with E-state index in [1.807, 2.05) is 41.8 Å². The highest BCUT2D eigenvalue weighted by atomic mass is 32.1. The molecule has 0 saturated heterocycles. The SMILES string of the molecule is CC(O)(c1cccc(OCc2ccc3ccccc3c2)c1)c1cscn1. The van der Waals surface area contributed by atoms with E-state index in [1.165, 1.54) is 22.1 Å². The maximum atomic E-state index is 10.9. The second-order valence-corrected chi connectivity index (χ2v) is 7.16. The molecule has 3 nitrogen and oxygen atoms in total. The van der Waals surface area contributed by atoms with Gasteiger partial charge in [0.1, 0.15) is 18.0 Å². The van der Waals surface area contributed by atoms with E-state index in [1.54, 1.807) is 12.4 Å². The number of nitrogens with zero attached hydrogens (tertiary/aromatic N) is 1. The number of aromatic nitrogens is 1. The van der Waals surface area contributed by atoms with Crippen LogP contribution < -0.4 is 4.74 Å². The minimum atomic E-state index is -1.14. The quantitative estimate of drug-likeness (QED) is 0.536. The molecule has 1 aromatic heterocycles. The average Bonchev–Trinajstić information content (AvgIpc) is 3.22. The smallest absolute Gasteiger partial charge is 0.130 e. The topological polar surface area (TPSA) is 42.4 Å². The fraction of sp³-hybridized carbons (Fsp3) is 0.136. The van der Waals surface area contributed by atoms with Crippen molar-refractivity contribution in [2.24, 2.45) is 0 Å². The lowest BCUT2D eigenvalue weighted by atomic mass is 9.93. The van der Waals surface area contributed by atoms with Crippen LogP contribution in [0.3, 0.4) is 0 Å². The summed E-state index contributed by atoms with van der Waals surface area (Å²) in [5, 5.41) is 15.1. The molecule has 0 fully saturated rings. The summed E-state index contributed by atoms with van der Waals surface area (Å²) in [6, 6.07) is 22.2. The van der Waals surface area contributed by atoms with Crippen molar-refractivity contribution in [2.45, 2.75) is 19.1 Å². The summed E-state index contributed by atoms with van der Waals surface area (Å²) in [4.78, 5) is 4.24. The standard InChI is InChI=1S/C22H19NO2S/c1-22(24,21-14-26-15-23-21)19-7-4-8-20(12-19)25-13-16-9-10-17-5-2-3-6-18(17)11-16/h2-12,14-15,24H,13H2,1H3. The Morgan fingerprint density at radius 3 is 2.65 bits per heavy atom. The number of benzene rings is 3. The van der Waals surface area contributed by atoms with Gasteiger partial charge in [-0.15, -0.1) is 11.3 Å². The molecule has 1 N–H and O–H groups in total. The highest BCUT2D eigenvalue weighted by molar-refractivity contribution is 7.07. The molecule has 0 aliphatic heterocycles. The molecular formula is C22H19NO2S. The molecule has 0 bridgehead atoms. The summed E-state index contributed by atoms with van der Waals surface area (Å²) in [7, 11) is 0. The van der Waals surface area contributed by atoms with Crippen molar-refractivity contribution in [3.63, 3.8) is 0 Å². The molecule has 4 rings (SSSR count). The van der Waals surface area contributed by atoms with Gasteiger partial charge in [0.15, 0.2) is 0 Å². The molecule has 0 amide bonds. The normalized spacial score (nSPS) is 13.5. The summed E-state index contributed by atoms with van der Waals surface area (Å²) in [6.45, 7) is 2.23. The second-order valence-electron chi connectivity index (χ2n) is 6.44. The summed E-state index contributed by atoms with van der Waals surface area (Å²) in [6.07, 6.45) is 0. The number of hydrogen-bond acceptors (Lipinski definition) is 4. The van der Waals surface area contributed by atoms with Crippen molar-refractivity contribution in [2.75, 3.05) is 0 Å². The molecule has 0 aliphatic rings. The first kappa shape index (κ1) is 16.8. The zero-order chi connectivity index (χ0) is 18.0. The van der Waals surface area contributed by atoms with Crippen LogP contribution in [0.4, 0.5) is 0 Å². The zero-order valence-electron chi connectivity index (χ0n) is 14.4. The lowest BCUT2D eigenvalue weighted by Gasteiger charge is -2.22. The van der Waals surface area contributed by atoms with Gasteiger partial charge in [-0.3, -0.25) is 0 Å². The minimum Gasteiger partial charge on any atom is -0.489 e. The molecule has 130 valence electrons. The van der Waals surface area contributed by atoms with Crippen molar-refractivity contribution in [1.29, 1.82) is 0 Å². The number of rotatable bonds is 5. The molecule has 1 unspecified atom stereocenters. The second kappa shape index (κ2) is 6.90. The third-order valence-corrected chi connectivity index (χ3v) is 5.13. The molecule has 4 heteroatoms. The van der Waals surface area contributed by atoms with E-state index in [0.717, 1.165) is 16.9 Å². The van der Waals surface area contributed by atoms with Crippen molar-refractivity contribution >= 4 is 22.1 Å². The van der Waals surface area contributed by atoms with Crippen LogP contribution in [0.5, 0.6) is 5.75 Å². The van der Waals surface area contributed by atoms with Gasteiger partial charge in [0.05, 0.1) is 11.2 Å². The van der Waals surface area contributed by atoms with Crippen molar-refractivity contribution in [3.05, 3.63) is 94.4 Å². The molecule has 1 heterocycles. The fourth-order valence-electron chi connectivity index (χ4n) is 2.98. The molecule has 3 aromatic carbocycles. The molecule has 0 radical (unpaired) electrons. The van der Waals surface area contributed by atoms with Gasteiger partial charge in [-0.2, -0.15) is 0 Å². The van der Waals surface area contributed by atoms with E-state index in [2.05, 4.69) is 35.3 Å². The number of hydrogen-bond donors (Lipinski definition) is 1. The Morgan fingerprint density at radius 2 is 1.85 bits per heavy atom. The van der Waals surface area contributed by atoms with E-state index in [9.17, 15) is 5.11 Å². The van der Waals surface area contributed by atoms with Crippen LogP contribution in [0.25, 0.3) is 10.8 Å². The molecule has 1 atom stereocenters. The number of thiazole rings is 1. The number of fused-ring (bicyclic) bond motifs is 1. The largest absolute Gasteiger partial charge is 0.489 e. The Labute approximate surface area is 156 Å². The van der Waals surface area contributed by atoms with Gasteiger partial charge in [0.2, 0.25) is 0 Å². The van der Waals surface area contributed by atoms with E-state index in [-0.39, 0.29) is 0 Å². The summed E-state index contributed by atoms with van der Waals surface area (Å²) in [5.74, 6) is 0.728. The van der Waals surface area contributed by atoms with Crippen LogP contribution in [0.2, 0.25) is 0 Å². The molecule has 0 aliphatic carbocycles. The van der Waals surface area contributed by atoms with Crippen LogP contribution in [-0.4, -0.2) is 10.1 Å². The van der Waals surface area contributed by atoms with Crippen LogP contribution in [0, 0.1) is 0 Å². The minimum absolute atomic E-state index is 0.479. The Bertz CT molecular complexity index is 1030. The van der Waals surface area contributed by atoms with Gasteiger partial charge in [-0.05, 0) is 47.0 Å². The fourth-order valence-corrected chi connectivity index (χ4v) is 3.64. The van der Waals surface area contributed by atoms with Gasteiger partial charge in [-0.1, -0.05) is 48.5 Å². The van der Waals surface area contributed by atoms with Crippen LogP contribution >= 0.6 is 11.3 Å². The first-order chi connectivity index (χ1) is 12.6. The van der Waals surface area contributed by atoms with Gasteiger partial charge in [-0.25, -0.2) is 4.98 Å². The first-order valence-electron chi connectivity index (χ1n) is 8.45. The van der Waals surface area contributed by atoms with Crippen molar-refractivity contribution in [3.8, 4) is 5.75 Å². The van der Waals surface area contributed by atoms with E-state index in [4.69, 9.17) is 4.74 Å². The van der Waals surface area contributed by atoms with Crippen molar-refractivity contribution in [1.82, 2.24) is 4.98 Å². The van der Waals surface area contributed by atoms with Gasteiger partial charge >= 0.3 is 0 Å². The van der Waals surface area contributed by atoms with Crippen LogP contribution in [0.15, 0.2) is 77.6 Å². The van der Waals surface area contributed by atoms with Gasteiger partial charge in [0.25, 0.3) is 0 Å². The molecule has 0 saturated carbocycles. The van der Waals surface area contributed by atoms with E-state index >= 15 is 0 Å². The molecular weight excluding hydrogens is 342 g/mol. The van der Waals surface area contributed by atoms with E-state index < -0.39 is 5.60 Å². The van der Waals surface area contributed by atoms with Crippen molar-refractivity contribution < 1.29 is 9.84 Å². The lowest BCUT2D eigenvalue weighted by molar-refractivity contribution is 0.0977. The molecule has 4 aromatic rings. The third-order valence-electron chi connectivity index (χ3n) is 4.55. The highest BCUT2D eigenvalue weighted by Gasteiger charge is 2.28. The number of ether oxygens (including phenoxy) is 1. The Kier molecular flexibility index (Phi) is 4.45. The van der Waals surface area contributed by atoms with Crippen LogP contribution in [0.1, 0.15) is 23.7 Å². The molecule has 0 spiro atoms. The highest BCUT2D eigenvalue weighted by Crippen LogP contribution is 2.31. The Hall–Kier alpha value is -2.69. The van der Waals surface area contributed by atoms with Gasteiger partial charge < -0.3 is 9.84 Å². The Morgan fingerprint density at radius 1 is 1.00 bits per heavy atom. The van der Waals surface area contributed by atoms with E-state index in [0.29, 0.717) is 12.3 Å². The zero-order valence-corrected chi connectivity index (χ0v) is 15.2. The monoisotopic (exact) mass is 361 g/mol. The summed E-state index contributed by atoms with van der Waals surface area (Å²) < 4.78 is 5.97.